The van der Waals surface area contributed by atoms with E-state index in [1.165, 1.54) is 0 Å². The van der Waals surface area contributed by atoms with Crippen LogP contribution in [0.2, 0.25) is 0 Å². The number of nitrogens with one attached hydrogen (secondary N) is 1. The van der Waals surface area contributed by atoms with Crippen molar-refractivity contribution in [1.82, 2.24) is 15.5 Å². The minimum absolute atomic E-state index is 0.636. The standard InChI is InChI=1S/C7H13N3O/c1-3-8-5-4-7-10-9-6(2)11-7/h8H,3-5H2,1-2H3. The van der Waals surface area contributed by atoms with Crippen molar-refractivity contribution in [2.24, 2.45) is 0 Å². The molecule has 4 heteroatoms. The molecule has 4 nitrogen and oxygen atoms in total. The summed E-state index contributed by atoms with van der Waals surface area (Å²) in [5.74, 6) is 1.35. The summed E-state index contributed by atoms with van der Waals surface area (Å²) < 4.78 is 5.17. The smallest absolute Gasteiger partial charge is 0.217 e. The molecule has 1 aromatic rings. The van der Waals surface area contributed by atoms with Crippen LogP contribution in [-0.4, -0.2) is 23.3 Å². The highest BCUT2D eigenvalue weighted by molar-refractivity contribution is 4.79. The van der Waals surface area contributed by atoms with Crippen molar-refractivity contribution in [3.8, 4) is 0 Å². The van der Waals surface area contributed by atoms with Crippen molar-refractivity contribution in [3.63, 3.8) is 0 Å². The average molecular weight is 155 g/mol. The van der Waals surface area contributed by atoms with E-state index in [4.69, 9.17) is 4.42 Å². The molecule has 0 spiro atoms. The van der Waals surface area contributed by atoms with Gasteiger partial charge in [-0.3, -0.25) is 0 Å². The summed E-state index contributed by atoms with van der Waals surface area (Å²) in [7, 11) is 0. The highest BCUT2D eigenvalue weighted by Gasteiger charge is 1.99. The lowest BCUT2D eigenvalue weighted by Crippen LogP contribution is -2.16. The summed E-state index contributed by atoms with van der Waals surface area (Å²) in [6, 6.07) is 0. The number of likely N-dealkylation sites (N-methyl/N-ethyl adjacent to an activating group) is 1. The fraction of sp³-hybridized carbons (Fsp3) is 0.714. The van der Waals surface area contributed by atoms with Gasteiger partial charge in [0.2, 0.25) is 11.8 Å². The van der Waals surface area contributed by atoms with Crippen molar-refractivity contribution in [2.45, 2.75) is 20.3 Å². The van der Waals surface area contributed by atoms with Crippen LogP contribution in [0.15, 0.2) is 4.42 Å². The Hall–Kier alpha value is -0.900. The van der Waals surface area contributed by atoms with Gasteiger partial charge in [-0.1, -0.05) is 6.92 Å². The molecule has 0 aliphatic carbocycles. The molecule has 0 aliphatic rings. The summed E-state index contributed by atoms with van der Waals surface area (Å²) in [5.41, 5.74) is 0. The third kappa shape index (κ3) is 2.67. The summed E-state index contributed by atoms with van der Waals surface area (Å²) in [4.78, 5) is 0. The Kier molecular flexibility index (Phi) is 3.04. The van der Waals surface area contributed by atoms with Crippen molar-refractivity contribution in [1.29, 1.82) is 0 Å². The Morgan fingerprint density at radius 2 is 2.27 bits per heavy atom. The molecule has 0 bridgehead atoms. The first-order valence-corrected chi connectivity index (χ1v) is 3.82. The minimum atomic E-state index is 0.636. The summed E-state index contributed by atoms with van der Waals surface area (Å²) in [6.07, 6.45) is 0.814. The van der Waals surface area contributed by atoms with Crippen molar-refractivity contribution in [2.75, 3.05) is 13.1 Å². The molecule has 0 atom stereocenters. The third-order valence-electron chi connectivity index (χ3n) is 1.33. The SMILES string of the molecule is CCNCCc1nnc(C)o1. The summed E-state index contributed by atoms with van der Waals surface area (Å²) in [5, 5.41) is 10.8. The molecule has 62 valence electrons. The third-order valence-corrected chi connectivity index (χ3v) is 1.33. The zero-order valence-corrected chi connectivity index (χ0v) is 6.92. The van der Waals surface area contributed by atoms with Crippen LogP contribution in [0.4, 0.5) is 0 Å². The van der Waals surface area contributed by atoms with Gasteiger partial charge in [0.1, 0.15) is 0 Å². The monoisotopic (exact) mass is 155 g/mol. The zero-order valence-electron chi connectivity index (χ0n) is 6.92. The predicted octanol–water partition coefficient (Wildman–Crippen LogP) is 0.530. The molecule has 1 N–H and O–H groups in total. The second-order valence-corrected chi connectivity index (χ2v) is 2.32. The summed E-state index contributed by atoms with van der Waals surface area (Å²) >= 11 is 0. The average Bonchev–Trinajstić information content (AvgIpc) is 2.37. The first-order chi connectivity index (χ1) is 5.33. The lowest BCUT2D eigenvalue weighted by Gasteiger charge is -1.95. The van der Waals surface area contributed by atoms with Gasteiger partial charge in [-0.25, -0.2) is 0 Å². The lowest BCUT2D eigenvalue weighted by atomic mass is 10.4. The number of aromatic nitrogens is 2. The van der Waals surface area contributed by atoms with Gasteiger partial charge < -0.3 is 9.73 Å². The quantitative estimate of drug-likeness (QED) is 0.644. The largest absolute Gasteiger partial charge is 0.426 e. The number of aryl methyl sites for hydroxylation is 1. The van der Waals surface area contributed by atoms with E-state index in [1.807, 2.05) is 0 Å². The minimum Gasteiger partial charge on any atom is -0.426 e. The van der Waals surface area contributed by atoms with Gasteiger partial charge in [0.05, 0.1) is 0 Å². The van der Waals surface area contributed by atoms with Gasteiger partial charge in [-0.15, -0.1) is 10.2 Å². The molecule has 1 heterocycles. The fourth-order valence-electron chi connectivity index (χ4n) is 0.811. The van der Waals surface area contributed by atoms with Gasteiger partial charge in [-0.05, 0) is 6.54 Å². The van der Waals surface area contributed by atoms with E-state index in [-0.39, 0.29) is 0 Å². The zero-order chi connectivity index (χ0) is 8.10. The second-order valence-electron chi connectivity index (χ2n) is 2.32. The van der Waals surface area contributed by atoms with Crippen LogP contribution in [0.1, 0.15) is 18.7 Å². The molecule has 0 aliphatic heterocycles. The maximum Gasteiger partial charge on any atom is 0.217 e. The molecule has 0 aromatic carbocycles. The van der Waals surface area contributed by atoms with Crippen LogP contribution in [0.3, 0.4) is 0 Å². The number of hydrogen-bond donors (Lipinski definition) is 1. The van der Waals surface area contributed by atoms with Gasteiger partial charge in [0.25, 0.3) is 0 Å². The number of rotatable bonds is 4. The Balaban J connectivity index is 2.27. The molecule has 0 saturated carbocycles. The van der Waals surface area contributed by atoms with Gasteiger partial charge in [0, 0.05) is 19.9 Å². The molecule has 0 saturated heterocycles. The van der Waals surface area contributed by atoms with Gasteiger partial charge in [-0.2, -0.15) is 0 Å². The van der Waals surface area contributed by atoms with E-state index in [9.17, 15) is 0 Å². The van der Waals surface area contributed by atoms with Crippen LogP contribution in [0.25, 0.3) is 0 Å². The lowest BCUT2D eigenvalue weighted by molar-refractivity contribution is 0.461. The Morgan fingerprint density at radius 3 is 2.82 bits per heavy atom. The normalized spacial score (nSPS) is 10.4. The number of nitrogens with zero attached hydrogens (tertiary/aromatic N) is 2. The van der Waals surface area contributed by atoms with Gasteiger partial charge >= 0.3 is 0 Å². The van der Waals surface area contributed by atoms with Crippen molar-refractivity contribution < 1.29 is 4.42 Å². The van der Waals surface area contributed by atoms with Crippen LogP contribution in [-0.2, 0) is 6.42 Å². The van der Waals surface area contributed by atoms with Crippen LogP contribution >= 0.6 is 0 Å². The van der Waals surface area contributed by atoms with E-state index in [2.05, 4.69) is 22.4 Å². The van der Waals surface area contributed by atoms with E-state index in [1.54, 1.807) is 6.92 Å². The molecule has 11 heavy (non-hydrogen) atoms. The Labute approximate surface area is 66.0 Å². The molecule has 0 amide bonds. The molecule has 0 fully saturated rings. The molecule has 0 unspecified atom stereocenters. The maximum atomic E-state index is 5.17. The first kappa shape index (κ1) is 8.20. The van der Waals surface area contributed by atoms with E-state index >= 15 is 0 Å². The highest BCUT2D eigenvalue weighted by atomic mass is 16.4. The second kappa shape index (κ2) is 4.08. The molecular formula is C7H13N3O. The fourth-order valence-corrected chi connectivity index (χ4v) is 0.811. The molecular weight excluding hydrogens is 142 g/mol. The molecule has 1 rings (SSSR count). The molecule has 0 radical (unpaired) electrons. The predicted molar refractivity (Wildman–Crippen MR) is 41.3 cm³/mol. The molecule has 1 aromatic heterocycles. The summed E-state index contributed by atoms with van der Waals surface area (Å²) in [6.45, 7) is 5.74. The van der Waals surface area contributed by atoms with Crippen LogP contribution in [0, 0.1) is 6.92 Å². The van der Waals surface area contributed by atoms with Crippen molar-refractivity contribution >= 4 is 0 Å². The Morgan fingerprint density at radius 1 is 1.45 bits per heavy atom. The van der Waals surface area contributed by atoms with E-state index in [0.29, 0.717) is 11.8 Å². The van der Waals surface area contributed by atoms with E-state index < -0.39 is 0 Å². The topological polar surface area (TPSA) is 51.0 Å². The maximum absolute atomic E-state index is 5.17. The Bertz CT molecular complexity index is 209. The van der Waals surface area contributed by atoms with Gasteiger partial charge in [0.15, 0.2) is 0 Å². The van der Waals surface area contributed by atoms with E-state index in [0.717, 1.165) is 19.5 Å². The van der Waals surface area contributed by atoms with Crippen LogP contribution < -0.4 is 5.32 Å². The van der Waals surface area contributed by atoms with Crippen molar-refractivity contribution in [3.05, 3.63) is 11.8 Å². The van der Waals surface area contributed by atoms with Crippen LogP contribution in [0.5, 0.6) is 0 Å². The highest BCUT2D eigenvalue weighted by Crippen LogP contribution is 1.96. The number of hydrogen-bond acceptors (Lipinski definition) is 4. The first-order valence-electron chi connectivity index (χ1n) is 3.82.